The second kappa shape index (κ2) is 9.29. The highest BCUT2D eigenvalue weighted by molar-refractivity contribution is 9.10. The predicted molar refractivity (Wildman–Crippen MR) is 119 cm³/mol. The van der Waals surface area contributed by atoms with E-state index in [2.05, 4.69) is 55.1 Å². The molecule has 0 heterocycles. The van der Waals surface area contributed by atoms with Crippen molar-refractivity contribution in [2.24, 2.45) is 0 Å². The smallest absolute Gasteiger partial charge is 0.407 e. The van der Waals surface area contributed by atoms with Crippen LogP contribution < -0.4 is 5.32 Å². The summed E-state index contributed by atoms with van der Waals surface area (Å²) >= 11 is 9.93. The van der Waals surface area contributed by atoms with Crippen LogP contribution in [0, 0.1) is 0 Å². The van der Waals surface area contributed by atoms with E-state index in [1.54, 1.807) is 0 Å². The number of carbonyl (C=O) groups excluding carboxylic acids is 1. The van der Waals surface area contributed by atoms with Crippen molar-refractivity contribution >= 4 is 41.9 Å². The maximum atomic E-state index is 12.3. The Labute approximate surface area is 178 Å². The van der Waals surface area contributed by atoms with Crippen molar-refractivity contribution in [2.45, 2.75) is 77.7 Å². The highest BCUT2D eigenvalue weighted by Crippen LogP contribution is 2.36. The van der Waals surface area contributed by atoms with Crippen LogP contribution in [-0.4, -0.2) is 32.7 Å². The van der Waals surface area contributed by atoms with Gasteiger partial charge in [-0.3, -0.25) is 0 Å². The fourth-order valence-corrected chi connectivity index (χ4v) is 4.07. The molecule has 1 rings (SSSR count). The first-order valence-corrected chi connectivity index (χ1v) is 13.3. The molecule has 0 unspecified atom stereocenters. The number of amides is 1. The molecule has 0 radical (unpaired) electrons. The minimum Gasteiger partial charge on any atom is -0.444 e. The van der Waals surface area contributed by atoms with E-state index in [9.17, 15) is 4.79 Å². The largest absolute Gasteiger partial charge is 0.444 e. The summed E-state index contributed by atoms with van der Waals surface area (Å²) in [5.74, 6) is 0. The zero-order valence-electron chi connectivity index (χ0n) is 17.7. The van der Waals surface area contributed by atoms with Gasteiger partial charge in [0.1, 0.15) is 5.60 Å². The lowest BCUT2D eigenvalue weighted by Gasteiger charge is -2.37. The quantitative estimate of drug-likeness (QED) is 0.471. The SMILES string of the molecule is CC(C)(C)OC(=O)N[C@@H](CO[Si](C)(C)C(C)(C)C)Cc1c(Cl)cccc1Br. The molecule has 154 valence electrons. The van der Waals surface area contributed by atoms with Crippen molar-refractivity contribution in [1.82, 2.24) is 5.32 Å². The average Bonchev–Trinajstić information content (AvgIpc) is 2.45. The third-order valence-electron chi connectivity index (χ3n) is 4.68. The monoisotopic (exact) mass is 477 g/mol. The molecule has 4 nitrogen and oxygen atoms in total. The van der Waals surface area contributed by atoms with Gasteiger partial charge in [0.15, 0.2) is 8.32 Å². The van der Waals surface area contributed by atoms with Gasteiger partial charge in [-0.2, -0.15) is 0 Å². The van der Waals surface area contributed by atoms with Gasteiger partial charge in [0.25, 0.3) is 0 Å². The molecule has 0 spiro atoms. The molecular weight excluding hydrogens is 446 g/mol. The summed E-state index contributed by atoms with van der Waals surface area (Å²) in [5.41, 5.74) is 0.388. The molecule has 0 bridgehead atoms. The number of hydrogen-bond acceptors (Lipinski definition) is 3. The van der Waals surface area contributed by atoms with Crippen LogP contribution in [0.5, 0.6) is 0 Å². The third-order valence-corrected chi connectivity index (χ3v) is 10.3. The van der Waals surface area contributed by atoms with Gasteiger partial charge < -0.3 is 14.5 Å². The van der Waals surface area contributed by atoms with E-state index in [1.807, 2.05) is 39.0 Å². The molecule has 1 amide bonds. The molecule has 1 aromatic rings. The van der Waals surface area contributed by atoms with Crippen LogP contribution in [0.1, 0.15) is 47.1 Å². The fourth-order valence-electron chi connectivity index (χ4n) is 2.13. The Bertz CT molecular complexity index is 633. The molecule has 0 aliphatic rings. The zero-order valence-corrected chi connectivity index (χ0v) is 21.0. The molecule has 0 aliphatic heterocycles. The van der Waals surface area contributed by atoms with Crippen LogP contribution >= 0.6 is 27.5 Å². The molecule has 27 heavy (non-hydrogen) atoms. The first-order chi connectivity index (χ1) is 12.1. The van der Waals surface area contributed by atoms with Crippen LogP contribution in [-0.2, 0) is 15.6 Å². The van der Waals surface area contributed by atoms with Gasteiger partial charge in [-0.05, 0) is 63.0 Å². The minimum atomic E-state index is -1.95. The van der Waals surface area contributed by atoms with Crippen molar-refractivity contribution < 1.29 is 14.0 Å². The Morgan fingerprint density at radius 1 is 1.22 bits per heavy atom. The van der Waals surface area contributed by atoms with Crippen molar-refractivity contribution in [3.05, 3.63) is 33.3 Å². The lowest BCUT2D eigenvalue weighted by molar-refractivity contribution is 0.0485. The number of nitrogens with one attached hydrogen (secondary N) is 1. The number of rotatable bonds is 6. The Morgan fingerprint density at radius 3 is 2.30 bits per heavy atom. The van der Waals surface area contributed by atoms with Crippen LogP contribution in [0.4, 0.5) is 4.79 Å². The Hall–Kier alpha value is -0.563. The molecule has 0 saturated heterocycles. The van der Waals surface area contributed by atoms with E-state index in [0.717, 1.165) is 10.0 Å². The van der Waals surface area contributed by atoms with Crippen molar-refractivity contribution in [2.75, 3.05) is 6.61 Å². The van der Waals surface area contributed by atoms with Gasteiger partial charge in [0.2, 0.25) is 0 Å². The summed E-state index contributed by atoms with van der Waals surface area (Å²) in [6.45, 7) is 16.9. The van der Waals surface area contributed by atoms with E-state index in [0.29, 0.717) is 18.1 Å². The molecule has 7 heteroatoms. The van der Waals surface area contributed by atoms with E-state index < -0.39 is 20.0 Å². The van der Waals surface area contributed by atoms with E-state index in [1.165, 1.54) is 0 Å². The zero-order chi connectivity index (χ0) is 21.0. The Balaban J connectivity index is 2.97. The molecule has 1 N–H and O–H groups in total. The standard InChI is InChI=1S/C20H33BrClNO3Si/c1-19(2,3)26-18(24)23-14(13-25-27(7,8)20(4,5)6)12-15-16(21)10-9-11-17(15)22/h9-11,14H,12-13H2,1-8H3,(H,23,24)/t14-/m1/s1. The highest BCUT2D eigenvalue weighted by atomic mass is 79.9. The summed E-state index contributed by atoms with van der Waals surface area (Å²) in [7, 11) is -1.95. The maximum Gasteiger partial charge on any atom is 0.407 e. The second-order valence-electron chi connectivity index (χ2n) is 9.32. The lowest BCUT2D eigenvalue weighted by Crippen LogP contribution is -2.48. The summed E-state index contributed by atoms with van der Waals surface area (Å²) in [6, 6.07) is 5.44. The number of halogens is 2. The number of benzene rings is 1. The molecule has 0 saturated carbocycles. The third kappa shape index (κ3) is 8.14. The van der Waals surface area contributed by atoms with Gasteiger partial charge in [0.05, 0.1) is 12.6 Å². The van der Waals surface area contributed by atoms with Crippen LogP contribution in [0.25, 0.3) is 0 Å². The van der Waals surface area contributed by atoms with Crippen LogP contribution in [0.2, 0.25) is 23.2 Å². The van der Waals surface area contributed by atoms with E-state index in [-0.39, 0.29) is 11.1 Å². The van der Waals surface area contributed by atoms with Crippen molar-refractivity contribution in [3.63, 3.8) is 0 Å². The van der Waals surface area contributed by atoms with E-state index >= 15 is 0 Å². The summed E-state index contributed by atoms with van der Waals surface area (Å²) < 4.78 is 12.7. The van der Waals surface area contributed by atoms with Crippen LogP contribution in [0.15, 0.2) is 22.7 Å². The van der Waals surface area contributed by atoms with Crippen LogP contribution in [0.3, 0.4) is 0 Å². The number of carbonyl (C=O) groups is 1. The summed E-state index contributed by atoms with van der Waals surface area (Å²) in [4.78, 5) is 12.3. The van der Waals surface area contributed by atoms with Gasteiger partial charge in [-0.25, -0.2) is 4.79 Å². The normalized spacial score (nSPS) is 14.0. The number of alkyl carbamates (subject to hydrolysis) is 1. The fraction of sp³-hybridized carbons (Fsp3) is 0.650. The molecule has 1 aromatic carbocycles. The highest BCUT2D eigenvalue weighted by Gasteiger charge is 2.38. The van der Waals surface area contributed by atoms with Gasteiger partial charge >= 0.3 is 6.09 Å². The summed E-state index contributed by atoms with van der Waals surface area (Å²) in [6.07, 6.45) is 0.100. The molecule has 0 fully saturated rings. The average molecular weight is 479 g/mol. The Kier molecular flexibility index (Phi) is 8.42. The second-order valence-corrected chi connectivity index (χ2v) is 15.4. The topological polar surface area (TPSA) is 47.6 Å². The first kappa shape index (κ1) is 24.5. The van der Waals surface area contributed by atoms with Gasteiger partial charge in [-0.15, -0.1) is 0 Å². The minimum absolute atomic E-state index is 0.0917. The Morgan fingerprint density at radius 2 is 1.81 bits per heavy atom. The maximum absolute atomic E-state index is 12.3. The molecule has 0 aliphatic carbocycles. The predicted octanol–water partition coefficient (Wildman–Crippen LogP) is 6.56. The van der Waals surface area contributed by atoms with Crippen molar-refractivity contribution in [3.8, 4) is 0 Å². The molecular formula is C20H33BrClNO3Si. The van der Waals surface area contributed by atoms with Gasteiger partial charge in [-0.1, -0.05) is 54.4 Å². The summed E-state index contributed by atoms with van der Waals surface area (Å²) in [5, 5.41) is 3.71. The van der Waals surface area contributed by atoms with E-state index in [4.69, 9.17) is 20.8 Å². The number of ether oxygens (including phenoxy) is 1. The first-order valence-electron chi connectivity index (χ1n) is 9.19. The van der Waals surface area contributed by atoms with Gasteiger partial charge in [0, 0.05) is 9.50 Å². The number of hydrogen-bond donors (Lipinski definition) is 1. The lowest BCUT2D eigenvalue weighted by atomic mass is 10.1. The molecule has 0 aromatic heterocycles. The molecule has 1 atom stereocenters. The van der Waals surface area contributed by atoms with Crippen molar-refractivity contribution in [1.29, 1.82) is 0 Å².